The predicted octanol–water partition coefficient (Wildman–Crippen LogP) is 3.41. The fourth-order valence-electron chi connectivity index (χ4n) is 3.25. The lowest BCUT2D eigenvalue weighted by Gasteiger charge is -2.33. The fraction of sp³-hybridized carbons (Fsp3) is 0.471. The van der Waals surface area contributed by atoms with Crippen LogP contribution in [0.2, 0.25) is 0 Å². The lowest BCUT2D eigenvalue weighted by atomic mass is 9.87. The van der Waals surface area contributed by atoms with Crippen molar-refractivity contribution in [2.45, 2.75) is 45.3 Å². The van der Waals surface area contributed by atoms with Gasteiger partial charge in [-0.05, 0) is 44.4 Å². The van der Waals surface area contributed by atoms with Crippen molar-refractivity contribution >= 4 is 0 Å². The highest BCUT2D eigenvalue weighted by Gasteiger charge is 2.23. The van der Waals surface area contributed by atoms with Crippen LogP contribution in [0.15, 0.2) is 36.7 Å². The fourth-order valence-corrected chi connectivity index (χ4v) is 3.25. The van der Waals surface area contributed by atoms with Crippen molar-refractivity contribution < 1.29 is 0 Å². The van der Waals surface area contributed by atoms with E-state index in [1.54, 1.807) is 0 Å². The normalized spacial score (nSPS) is 18.2. The van der Waals surface area contributed by atoms with Crippen molar-refractivity contribution in [1.29, 1.82) is 0 Å². The maximum Gasteiger partial charge on any atom is 0.0534 e. The second-order valence-corrected chi connectivity index (χ2v) is 5.73. The summed E-state index contributed by atoms with van der Waals surface area (Å²) in [5.41, 5.74) is 4.35. The largest absolute Gasteiger partial charge is 0.295 e. The van der Waals surface area contributed by atoms with Gasteiger partial charge in [-0.15, -0.1) is 0 Å². The molecular formula is C17H23N3. The van der Waals surface area contributed by atoms with Crippen LogP contribution in [0.3, 0.4) is 0 Å². The van der Waals surface area contributed by atoms with Crippen LogP contribution in [0.1, 0.15) is 42.5 Å². The van der Waals surface area contributed by atoms with E-state index in [2.05, 4.69) is 54.4 Å². The van der Waals surface area contributed by atoms with Crippen molar-refractivity contribution in [2.75, 3.05) is 7.05 Å². The van der Waals surface area contributed by atoms with E-state index in [4.69, 9.17) is 0 Å². The first-order valence-electron chi connectivity index (χ1n) is 7.57. The standard InChI is InChI=1S/C17H23N3/c1-3-20-13-14(11-18-20)12-19(2)17-10-6-8-15-7-4-5-9-16(15)17/h4-5,7,9,11,13,17H,3,6,8,10,12H2,1-2H3/t17-/m1/s1. The molecule has 1 heterocycles. The van der Waals surface area contributed by atoms with Gasteiger partial charge in [0.15, 0.2) is 0 Å². The van der Waals surface area contributed by atoms with E-state index in [-0.39, 0.29) is 0 Å². The number of nitrogens with zero attached hydrogens (tertiary/aromatic N) is 3. The number of aryl methyl sites for hydroxylation is 2. The van der Waals surface area contributed by atoms with Crippen LogP contribution in [0.5, 0.6) is 0 Å². The van der Waals surface area contributed by atoms with Crippen molar-refractivity contribution in [3.05, 3.63) is 53.3 Å². The summed E-state index contributed by atoms with van der Waals surface area (Å²) in [7, 11) is 2.23. The molecule has 3 heteroatoms. The molecular weight excluding hydrogens is 246 g/mol. The summed E-state index contributed by atoms with van der Waals surface area (Å²) in [6.07, 6.45) is 7.93. The molecule has 0 saturated heterocycles. The average molecular weight is 269 g/mol. The summed E-state index contributed by atoms with van der Waals surface area (Å²) >= 11 is 0. The summed E-state index contributed by atoms with van der Waals surface area (Å²) in [5.74, 6) is 0. The Kier molecular flexibility index (Phi) is 3.88. The minimum Gasteiger partial charge on any atom is -0.295 e. The Balaban J connectivity index is 1.76. The molecule has 106 valence electrons. The van der Waals surface area contributed by atoms with Gasteiger partial charge in [-0.1, -0.05) is 24.3 Å². The molecule has 0 saturated carbocycles. The number of hydrogen-bond acceptors (Lipinski definition) is 2. The van der Waals surface area contributed by atoms with Crippen molar-refractivity contribution in [3.63, 3.8) is 0 Å². The van der Waals surface area contributed by atoms with Gasteiger partial charge in [0, 0.05) is 30.9 Å². The smallest absolute Gasteiger partial charge is 0.0534 e. The number of hydrogen-bond donors (Lipinski definition) is 0. The Morgan fingerprint density at radius 1 is 1.35 bits per heavy atom. The molecule has 1 aliphatic rings. The summed E-state index contributed by atoms with van der Waals surface area (Å²) < 4.78 is 2.00. The average Bonchev–Trinajstić information content (AvgIpc) is 2.94. The van der Waals surface area contributed by atoms with Crippen LogP contribution in [0.25, 0.3) is 0 Å². The zero-order valence-electron chi connectivity index (χ0n) is 12.4. The van der Waals surface area contributed by atoms with Gasteiger partial charge in [0.25, 0.3) is 0 Å². The first kappa shape index (κ1) is 13.4. The van der Waals surface area contributed by atoms with E-state index in [1.807, 2.05) is 10.9 Å². The SMILES string of the molecule is CCn1cc(CN(C)[C@@H]2CCCc3ccccc32)cn1. The molecule has 1 aromatic heterocycles. The van der Waals surface area contributed by atoms with Gasteiger partial charge >= 0.3 is 0 Å². The molecule has 0 amide bonds. The molecule has 2 aromatic rings. The zero-order valence-corrected chi connectivity index (χ0v) is 12.4. The third-order valence-corrected chi connectivity index (χ3v) is 4.31. The predicted molar refractivity (Wildman–Crippen MR) is 81.5 cm³/mol. The van der Waals surface area contributed by atoms with Crippen LogP contribution >= 0.6 is 0 Å². The van der Waals surface area contributed by atoms with E-state index in [9.17, 15) is 0 Å². The van der Waals surface area contributed by atoms with Gasteiger partial charge < -0.3 is 0 Å². The molecule has 20 heavy (non-hydrogen) atoms. The first-order chi connectivity index (χ1) is 9.78. The lowest BCUT2D eigenvalue weighted by Crippen LogP contribution is -2.27. The molecule has 3 nitrogen and oxygen atoms in total. The third-order valence-electron chi connectivity index (χ3n) is 4.31. The van der Waals surface area contributed by atoms with E-state index < -0.39 is 0 Å². The van der Waals surface area contributed by atoms with Gasteiger partial charge in [0.1, 0.15) is 0 Å². The summed E-state index contributed by atoms with van der Waals surface area (Å²) in [6, 6.07) is 9.45. The third kappa shape index (κ3) is 2.63. The molecule has 1 atom stereocenters. The van der Waals surface area contributed by atoms with Gasteiger partial charge in [-0.3, -0.25) is 9.58 Å². The molecule has 0 N–H and O–H groups in total. The van der Waals surface area contributed by atoms with Crippen LogP contribution in [0.4, 0.5) is 0 Å². The van der Waals surface area contributed by atoms with Gasteiger partial charge in [0.2, 0.25) is 0 Å². The summed E-state index contributed by atoms with van der Waals surface area (Å²) in [5, 5.41) is 4.37. The highest BCUT2D eigenvalue weighted by molar-refractivity contribution is 5.32. The molecule has 0 radical (unpaired) electrons. The van der Waals surface area contributed by atoms with Gasteiger partial charge in [-0.2, -0.15) is 5.10 Å². The molecule has 0 unspecified atom stereocenters. The summed E-state index contributed by atoms with van der Waals surface area (Å²) in [4.78, 5) is 2.47. The molecule has 0 aliphatic heterocycles. The van der Waals surface area contributed by atoms with Crippen LogP contribution in [0, 0.1) is 0 Å². The Hall–Kier alpha value is -1.61. The molecule has 0 bridgehead atoms. The first-order valence-corrected chi connectivity index (χ1v) is 7.57. The van der Waals surface area contributed by atoms with Gasteiger partial charge in [0.05, 0.1) is 6.20 Å². The van der Waals surface area contributed by atoms with Crippen molar-refractivity contribution in [1.82, 2.24) is 14.7 Å². The van der Waals surface area contributed by atoms with E-state index in [0.29, 0.717) is 6.04 Å². The maximum absolute atomic E-state index is 4.37. The minimum absolute atomic E-state index is 0.546. The van der Waals surface area contributed by atoms with E-state index in [0.717, 1.165) is 13.1 Å². The highest BCUT2D eigenvalue weighted by atomic mass is 15.3. The second-order valence-electron chi connectivity index (χ2n) is 5.73. The number of aromatic nitrogens is 2. The molecule has 3 rings (SSSR count). The summed E-state index contributed by atoms with van der Waals surface area (Å²) in [6.45, 7) is 4.03. The van der Waals surface area contributed by atoms with Gasteiger partial charge in [-0.25, -0.2) is 0 Å². The van der Waals surface area contributed by atoms with Crippen molar-refractivity contribution in [3.8, 4) is 0 Å². The van der Waals surface area contributed by atoms with Crippen molar-refractivity contribution in [2.24, 2.45) is 0 Å². The zero-order chi connectivity index (χ0) is 13.9. The Labute approximate surface area is 121 Å². The monoisotopic (exact) mass is 269 g/mol. The quantitative estimate of drug-likeness (QED) is 0.848. The molecule has 0 fully saturated rings. The van der Waals surface area contributed by atoms with Crippen LogP contribution in [-0.4, -0.2) is 21.7 Å². The van der Waals surface area contributed by atoms with Crippen LogP contribution < -0.4 is 0 Å². The topological polar surface area (TPSA) is 21.1 Å². The number of fused-ring (bicyclic) bond motifs is 1. The highest BCUT2D eigenvalue weighted by Crippen LogP contribution is 2.33. The number of rotatable bonds is 4. The second kappa shape index (κ2) is 5.80. The Bertz CT molecular complexity index is 573. The van der Waals surface area contributed by atoms with E-state index >= 15 is 0 Å². The van der Waals surface area contributed by atoms with E-state index in [1.165, 1.54) is 36.0 Å². The molecule has 1 aliphatic carbocycles. The Morgan fingerprint density at radius 3 is 3.00 bits per heavy atom. The lowest BCUT2D eigenvalue weighted by molar-refractivity contribution is 0.213. The molecule has 0 spiro atoms. The van der Waals surface area contributed by atoms with Crippen LogP contribution in [-0.2, 0) is 19.5 Å². The molecule has 1 aromatic carbocycles. The Morgan fingerprint density at radius 2 is 2.20 bits per heavy atom. The maximum atomic E-state index is 4.37. The minimum atomic E-state index is 0.546. The number of benzene rings is 1.